The van der Waals surface area contributed by atoms with Gasteiger partial charge in [0.1, 0.15) is 4.21 Å². The Labute approximate surface area is 127 Å². The molecule has 1 aromatic heterocycles. The Kier molecular flexibility index (Phi) is 3.79. The van der Waals surface area contributed by atoms with Crippen LogP contribution in [0.1, 0.15) is 32.6 Å². The molecule has 2 bridgehead atoms. The molecule has 3 nitrogen and oxygen atoms in total. The zero-order valence-corrected chi connectivity index (χ0v) is 14.0. The summed E-state index contributed by atoms with van der Waals surface area (Å²) in [6.07, 6.45) is 5.13. The first-order valence-corrected chi connectivity index (χ1v) is 9.82. The second-order valence-electron chi connectivity index (χ2n) is 5.81. The highest BCUT2D eigenvalue weighted by molar-refractivity contribution is 9.11. The molecule has 0 saturated heterocycles. The van der Waals surface area contributed by atoms with Gasteiger partial charge in [0.05, 0.1) is 3.79 Å². The van der Waals surface area contributed by atoms with E-state index in [-0.39, 0.29) is 6.04 Å². The van der Waals surface area contributed by atoms with Crippen molar-refractivity contribution in [2.45, 2.75) is 42.9 Å². The van der Waals surface area contributed by atoms with Gasteiger partial charge in [0.15, 0.2) is 0 Å². The van der Waals surface area contributed by atoms with Crippen LogP contribution in [-0.2, 0) is 10.0 Å². The summed E-state index contributed by atoms with van der Waals surface area (Å²) >= 11 is 4.57. The van der Waals surface area contributed by atoms with E-state index in [0.717, 1.165) is 15.6 Å². The van der Waals surface area contributed by atoms with E-state index in [9.17, 15) is 8.42 Å². The van der Waals surface area contributed by atoms with Gasteiger partial charge in [-0.2, -0.15) is 0 Å². The molecule has 2 aliphatic rings. The van der Waals surface area contributed by atoms with Crippen molar-refractivity contribution in [3.63, 3.8) is 0 Å². The van der Waals surface area contributed by atoms with Crippen molar-refractivity contribution in [2.24, 2.45) is 17.8 Å². The predicted octanol–water partition coefficient (Wildman–Crippen LogP) is 3.61. The summed E-state index contributed by atoms with van der Waals surface area (Å²) in [7, 11) is -3.35. The molecular formula is C13H18BrNO2S2. The van der Waals surface area contributed by atoms with Crippen LogP contribution in [0.4, 0.5) is 0 Å². The normalized spacial score (nSPS) is 31.8. The van der Waals surface area contributed by atoms with E-state index < -0.39 is 10.0 Å². The molecule has 2 saturated carbocycles. The zero-order valence-electron chi connectivity index (χ0n) is 10.8. The van der Waals surface area contributed by atoms with Crippen molar-refractivity contribution in [3.8, 4) is 0 Å². The van der Waals surface area contributed by atoms with E-state index in [4.69, 9.17) is 0 Å². The van der Waals surface area contributed by atoms with E-state index in [2.05, 4.69) is 20.7 Å². The average Bonchev–Trinajstić information content (AvgIpc) is 3.02. The van der Waals surface area contributed by atoms with Gasteiger partial charge in [-0.05, 0) is 72.0 Å². The molecule has 3 rings (SSSR count). The van der Waals surface area contributed by atoms with Crippen LogP contribution >= 0.6 is 27.3 Å². The van der Waals surface area contributed by atoms with E-state index in [1.807, 2.05) is 6.92 Å². The Morgan fingerprint density at radius 2 is 2.16 bits per heavy atom. The number of rotatable bonds is 4. The molecule has 0 radical (unpaired) electrons. The summed E-state index contributed by atoms with van der Waals surface area (Å²) in [6.45, 7) is 2.02. The Morgan fingerprint density at radius 3 is 2.68 bits per heavy atom. The number of hydrogen-bond donors (Lipinski definition) is 1. The van der Waals surface area contributed by atoms with E-state index >= 15 is 0 Å². The molecule has 0 aliphatic heterocycles. The van der Waals surface area contributed by atoms with Gasteiger partial charge in [0.2, 0.25) is 10.0 Å². The summed E-state index contributed by atoms with van der Waals surface area (Å²) < 4.78 is 28.7. The summed E-state index contributed by atoms with van der Waals surface area (Å²) in [4.78, 5) is 0. The maximum Gasteiger partial charge on any atom is 0.250 e. The minimum absolute atomic E-state index is 0.0428. The molecule has 106 valence electrons. The van der Waals surface area contributed by atoms with Gasteiger partial charge in [-0.3, -0.25) is 0 Å². The molecular weight excluding hydrogens is 346 g/mol. The number of hydrogen-bond acceptors (Lipinski definition) is 3. The fourth-order valence-electron chi connectivity index (χ4n) is 3.74. The third kappa shape index (κ3) is 2.77. The van der Waals surface area contributed by atoms with Gasteiger partial charge in [-0.25, -0.2) is 13.1 Å². The van der Waals surface area contributed by atoms with Crippen LogP contribution in [0.15, 0.2) is 20.1 Å². The minimum atomic E-state index is -3.35. The number of sulfonamides is 1. The standard InChI is InChI=1S/C13H18BrNO2S2/c1-8(11-7-9-2-3-10(11)6-9)15-19(16,17)13-5-4-12(14)18-13/h4-5,8-11,15H,2-3,6-7H2,1H3/t8-,9-,10-,11+/m0/s1. The van der Waals surface area contributed by atoms with Crippen LogP contribution in [0.2, 0.25) is 0 Å². The molecule has 1 heterocycles. The predicted molar refractivity (Wildman–Crippen MR) is 80.7 cm³/mol. The first-order chi connectivity index (χ1) is 8.95. The molecule has 2 aliphatic carbocycles. The molecule has 0 aromatic carbocycles. The highest BCUT2D eigenvalue weighted by Crippen LogP contribution is 2.49. The highest BCUT2D eigenvalue weighted by atomic mass is 79.9. The van der Waals surface area contributed by atoms with Crippen molar-refractivity contribution in [3.05, 3.63) is 15.9 Å². The van der Waals surface area contributed by atoms with Crippen LogP contribution in [0.25, 0.3) is 0 Å². The van der Waals surface area contributed by atoms with Crippen LogP contribution in [0.3, 0.4) is 0 Å². The monoisotopic (exact) mass is 363 g/mol. The quantitative estimate of drug-likeness (QED) is 0.887. The number of halogens is 1. The molecule has 19 heavy (non-hydrogen) atoms. The van der Waals surface area contributed by atoms with E-state index in [1.165, 1.54) is 37.0 Å². The summed E-state index contributed by atoms with van der Waals surface area (Å²) in [5.41, 5.74) is 0. The zero-order chi connectivity index (χ0) is 13.6. The molecule has 1 aromatic rings. The van der Waals surface area contributed by atoms with Crippen molar-refractivity contribution in [1.82, 2.24) is 4.72 Å². The molecule has 4 atom stereocenters. The average molecular weight is 364 g/mol. The number of nitrogens with one attached hydrogen (secondary N) is 1. The third-order valence-corrected chi connectivity index (χ3v) is 8.26. The first-order valence-electron chi connectivity index (χ1n) is 6.73. The Bertz CT molecular complexity index is 569. The van der Waals surface area contributed by atoms with Gasteiger partial charge in [-0.15, -0.1) is 11.3 Å². The SMILES string of the molecule is C[C@H](NS(=O)(=O)c1ccc(Br)s1)[C@H]1C[C@H]2CC[C@H]1C2. The Morgan fingerprint density at radius 1 is 1.37 bits per heavy atom. The van der Waals surface area contributed by atoms with Crippen molar-refractivity contribution in [1.29, 1.82) is 0 Å². The second kappa shape index (κ2) is 5.13. The van der Waals surface area contributed by atoms with Gasteiger partial charge >= 0.3 is 0 Å². The van der Waals surface area contributed by atoms with E-state index in [0.29, 0.717) is 10.1 Å². The number of thiophene rings is 1. The fourth-order valence-corrected chi connectivity index (χ4v) is 7.06. The first kappa shape index (κ1) is 14.0. The van der Waals surface area contributed by atoms with Crippen molar-refractivity contribution < 1.29 is 8.42 Å². The van der Waals surface area contributed by atoms with Crippen molar-refractivity contribution in [2.75, 3.05) is 0 Å². The molecule has 0 spiro atoms. The van der Waals surface area contributed by atoms with Crippen LogP contribution in [-0.4, -0.2) is 14.5 Å². The molecule has 6 heteroatoms. The molecule has 0 amide bonds. The lowest BCUT2D eigenvalue weighted by molar-refractivity contribution is 0.280. The summed E-state index contributed by atoms with van der Waals surface area (Å²) in [5.74, 6) is 2.10. The maximum atomic E-state index is 12.3. The lowest BCUT2D eigenvalue weighted by Crippen LogP contribution is -2.39. The fraction of sp³-hybridized carbons (Fsp3) is 0.692. The summed E-state index contributed by atoms with van der Waals surface area (Å²) in [6, 6.07) is 3.48. The minimum Gasteiger partial charge on any atom is -0.207 e. The maximum absolute atomic E-state index is 12.3. The smallest absolute Gasteiger partial charge is 0.207 e. The lowest BCUT2D eigenvalue weighted by Gasteiger charge is -2.28. The van der Waals surface area contributed by atoms with Crippen LogP contribution < -0.4 is 4.72 Å². The van der Waals surface area contributed by atoms with Gasteiger partial charge in [-0.1, -0.05) is 6.42 Å². The highest BCUT2D eigenvalue weighted by Gasteiger charge is 2.42. The number of fused-ring (bicyclic) bond motifs is 2. The Balaban J connectivity index is 1.71. The molecule has 2 fully saturated rings. The third-order valence-electron chi connectivity index (χ3n) is 4.59. The summed E-state index contributed by atoms with van der Waals surface area (Å²) in [5, 5.41) is 0. The van der Waals surface area contributed by atoms with E-state index in [1.54, 1.807) is 12.1 Å². The second-order valence-corrected chi connectivity index (χ2v) is 10.2. The topological polar surface area (TPSA) is 46.2 Å². The molecule has 1 N–H and O–H groups in total. The van der Waals surface area contributed by atoms with Gasteiger partial charge < -0.3 is 0 Å². The lowest BCUT2D eigenvalue weighted by atomic mass is 9.84. The van der Waals surface area contributed by atoms with Crippen LogP contribution in [0, 0.1) is 17.8 Å². The van der Waals surface area contributed by atoms with Crippen molar-refractivity contribution >= 4 is 37.3 Å². The van der Waals surface area contributed by atoms with Crippen LogP contribution in [0.5, 0.6) is 0 Å². The Hall–Kier alpha value is 0.0900. The van der Waals surface area contributed by atoms with Gasteiger partial charge in [0.25, 0.3) is 0 Å². The largest absolute Gasteiger partial charge is 0.250 e. The van der Waals surface area contributed by atoms with Gasteiger partial charge in [0, 0.05) is 6.04 Å². The molecule has 0 unspecified atom stereocenters.